The van der Waals surface area contributed by atoms with Crippen LogP contribution >= 0.6 is 0 Å². The number of anilines is 2. The summed E-state index contributed by atoms with van der Waals surface area (Å²) in [6.07, 6.45) is 10.4. The summed E-state index contributed by atoms with van der Waals surface area (Å²) in [7, 11) is 0. The van der Waals surface area contributed by atoms with Crippen molar-refractivity contribution in [3.8, 4) is 0 Å². The van der Waals surface area contributed by atoms with Crippen LogP contribution in [0.5, 0.6) is 0 Å². The van der Waals surface area contributed by atoms with Gasteiger partial charge in [0.2, 0.25) is 5.95 Å². The molecule has 4 heterocycles. The van der Waals surface area contributed by atoms with E-state index in [-0.39, 0.29) is 0 Å². The highest BCUT2D eigenvalue weighted by Gasteiger charge is 2.31. The Morgan fingerprint density at radius 1 is 0.889 bits per heavy atom. The molecular weight excluding hydrogens is 340 g/mol. The predicted octanol–water partition coefficient (Wildman–Crippen LogP) is 1.71. The first-order valence-electron chi connectivity index (χ1n) is 10.2. The lowest BCUT2D eigenvalue weighted by atomic mass is 9.78. The van der Waals surface area contributed by atoms with Gasteiger partial charge in [-0.2, -0.15) is 4.98 Å². The van der Waals surface area contributed by atoms with Crippen LogP contribution in [0.4, 0.5) is 11.8 Å². The summed E-state index contributed by atoms with van der Waals surface area (Å²) in [6.45, 7) is 4.15. The third kappa shape index (κ3) is 3.38. The molecule has 8 nitrogen and oxygen atoms in total. The molecule has 5 rings (SSSR count). The molecule has 3 fully saturated rings. The maximum Gasteiger partial charge on any atom is 0.227 e. The summed E-state index contributed by atoms with van der Waals surface area (Å²) in [5, 5.41) is 7.89. The normalized spacial score (nSPS) is 26.4. The van der Waals surface area contributed by atoms with E-state index in [4.69, 9.17) is 15.7 Å². The van der Waals surface area contributed by atoms with Gasteiger partial charge in [0, 0.05) is 50.2 Å². The topological polar surface area (TPSA) is 89.0 Å². The first kappa shape index (κ1) is 16.9. The average Bonchev–Trinajstić information content (AvgIpc) is 3.39. The highest BCUT2D eigenvalue weighted by molar-refractivity contribution is 5.48. The van der Waals surface area contributed by atoms with Gasteiger partial charge in [0.05, 0.1) is 5.69 Å². The Balaban J connectivity index is 1.36. The Morgan fingerprint density at radius 3 is 2.26 bits per heavy atom. The van der Waals surface area contributed by atoms with Gasteiger partial charge in [-0.3, -0.25) is 0 Å². The van der Waals surface area contributed by atoms with Gasteiger partial charge in [0.15, 0.2) is 0 Å². The van der Waals surface area contributed by atoms with Crippen molar-refractivity contribution in [1.82, 2.24) is 24.7 Å². The number of piperidine rings is 1. The lowest BCUT2D eigenvalue weighted by Gasteiger charge is -2.35. The van der Waals surface area contributed by atoms with Crippen molar-refractivity contribution < 1.29 is 0 Å². The van der Waals surface area contributed by atoms with Crippen LogP contribution in [0.3, 0.4) is 0 Å². The maximum atomic E-state index is 6.03. The lowest BCUT2D eigenvalue weighted by Crippen LogP contribution is -2.37. The molecule has 0 spiro atoms. The zero-order valence-corrected chi connectivity index (χ0v) is 15.7. The number of hydrogen-bond acceptors (Lipinski definition) is 7. The van der Waals surface area contributed by atoms with E-state index in [0.717, 1.165) is 63.6 Å². The minimum Gasteiger partial charge on any atom is -0.356 e. The molecule has 144 valence electrons. The molecule has 2 aromatic rings. The SMILES string of the molecule is NC1CC(c2cc(N3CCC(n4cnnc4)CC3)nc(N3CCCC3)n2)C1. The summed E-state index contributed by atoms with van der Waals surface area (Å²) in [5.41, 5.74) is 7.22. The molecule has 0 atom stereocenters. The second-order valence-electron chi connectivity index (χ2n) is 8.20. The minimum atomic E-state index is 0.336. The number of nitrogens with two attached hydrogens (primary N) is 1. The van der Waals surface area contributed by atoms with E-state index in [0.29, 0.717) is 18.0 Å². The second kappa shape index (κ2) is 7.07. The van der Waals surface area contributed by atoms with Gasteiger partial charge >= 0.3 is 0 Å². The summed E-state index contributed by atoms with van der Waals surface area (Å²) < 4.78 is 2.13. The highest BCUT2D eigenvalue weighted by Crippen LogP contribution is 2.37. The standard InChI is InChI=1S/C19H28N8/c20-15-9-14(10-15)17-11-18(24-19(23-17)26-5-1-2-6-26)25-7-3-16(4-8-25)27-12-21-22-13-27/h11-16H,1-10,20H2. The van der Waals surface area contributed by atoms with Crippen molar-refractivity contribution in [1.29, 1.82) is 0 Å². The molecule has 0 bridgehead atoms. The fraction of sp³-hybridized carbons (Fsp3) is 0.684. The second-order valence-corrected chi connectivity index (χ2v) is 8.20. The van der Waals surface area contributed by atoms with Crippen molar-refractivity contribution in [3.05, 3.63) is 24.4 Å². The van der Waals surface area contributed by atoms with Crippen LogP contribution in [0.1, 0.15) is 56.2 Å². The van der Waals surface area contributed by atoms with Crippen LogP contribution in [0.25, 0.3) is 0 Å². The van der Waals surface area contributed by atoms with Gasteiger partial charge < -0.3 is 20.1 Å². The van der Waals surface area contributed by atoms with Gasteiger partial charge in [0.25, 0.3) is 0 Å². The van der Waals surface area contributed by atoms with E-state index in [1.54, 1.807) is 0 Å². The fourth-order valence-electron chi connectivity index (χ4n) is 4.56. The molecule has 0 unspecified atom stereocenters. The summed E-state index contributed by atoms with van der Waals surface area (Å²) in [4.78, 5) is 14.7. The maximum absolute atomic E-state index is 6.03. The van der Waals surface area contributed by atoms with Crippen LogP contribution < -0.4 is 15.5 Å². The van der Waals surface area contributed by atoms with E-state index in [2.05, 4.69) is 30.6 Å². The van der Waals surface area contributed by atoms with Gasteiger partial charge in [-0.25, -0.2) is 4.98 Å². The molecule has 8 heteroatoms. The molecule has 1 saturated carbocycles. The van der Waals surface area contributed by atoms with Crippen LogP contribution in [-0.4, -0.2) is 57.0 Å². The molecule has 0 radical (unpaired) electrons. The zero-order valence-electron chi connectivity index (χ0n) is 15.7. The van der Waals surface area contributed by atoms with E-state index in [9.17, 15) is 0 Å². The summed E-state index contributed by atoms with van der Waals surface area (Å²) >= 11 is 0. The Bertz CT molecular complexity index is 756. The Morgan fingerprint density at radius 2 is 1.59 bits per heavy atom. The fourth-order valence-corrected chi connectivity index (χ4v) is 4.56. The lowest BCUT2D eigenvalue weighted by molar-refractivity contribution is 0.344. The molecule has 3 aliphatic rings. The molecule has 2 aliphatic heterocycles. The Labute approximate surface area is 159 Å². The monoisotopic (exact) mass is 368 g/mol. The Hall–Kier alpha value is -2.22. The van der Waals surface area contributed by atoms with Gasteiger partial charge in [-0.15, -0.1) is 10.2 Å². The van der Waals surface area contributed by atoms with E-state index in [1.807, 2.05) is 12.7 Å². The summed E-state index contributed by atoms with van der Waals surface area (Å²) in [5.74, 6) is 2.50. The number of aromatic nitrogens is 5. The van der Waals surface area contributed by atoms with Gasteiger partial charge in [0.1, 0.15) is 18.5 Å². The van der Waals surface area contributed by atoms with Crippen molar-refractivity contribution in [2.24, 2.45) is 5.73 Å². The number of nitrogens with zero attached hydrogens (tertiary/aromatic N) is 7. The average molecular weight is 368 g/mol. The van der Waals surface area contributed by atoms with E-state index >= 15 is 0 Å². The first-order valence-corrected chi connectivity index (χ1v) is 10.2. The molecule has 2 N–H and O–H groups in total. The molecule has 2 aromatic heterocycles. The third-order valence-corrected chi connectivity index (χ3v) is 6.35. The van der Waals surface area contributed by atoms with Gasteiger partial charge in [-0.1, -0.05) is 0 Å². The summed E-state index contributed by atoms with van der Waals surface area (Å²) in [6, 6.07) is 3.04. The van der Waals surface area contributed by atoms with Crippen molar-refractivity contribution in [2.45, 2.75) is 56.5 Å². The third-order valence-electron chi connectivity index (χ3n) is 6.35. The van der Waals surface area contributed by atoms with Crippen molar-refractivity contribution in [3.63, 3.8) is 0 Å². The van der Waals surface area contributed by atoms with E-state index < -0.39 is 0 Å². The smallest absolute Gasteiger partial charge is 0.227 e. The number of hydrogen-bond donors (Lipinski definition) is 1. The Kier molecular flexibility index (Phi) is 4.43. The zero-order chi connectivity index (χ0) is 18.2. The van der Waals surface area contributed by atoms with Crippen LogP contribution in [-0.2, 0) is 0 Å². The quantitative estimate of drug-likeness (QED) is 0.879. The predicted molar refractivity (Wildman–Crippen MR) is 104 cm³/mol. The minimum absolute atomic E-state index is 0.336. The van der Waals surface area contributed by atoms with Crippen LogP contribution in [0.2, 0.25) is 0 Å². The molecule has 27 heavy (non-hydrogen) atoms. The van der Waals surface area contributed by atoms with Crippen LogP contribution in [0, 0.1) is 0 Å². The largest absolute Gasteiger partial charge is 0.356 e. The molecule has 1 aliphatic carbocycles. The van der Waals surface area contributed by atoms with Crippen molar-refractivity contribution in [2.75, 3.05) is 36.0 Å². The van der Waals surface area contributed by atoms with E-state index in [1.165, 1.54) is 18.5 Å². The van der Waals surface area contributed by atoms with Crippen LogP contribution in [0.15, 0.2) is 18.7 Å². The molecule has 0 aromatic carbocycles. The van der Waals surface area contributed by atoms with Gasteiger partial charge in [-0.05, 0) is 38.5 Å². The highest BCUT2D eigenvalue weighted by atomic mass is 15.3. The first-order chi connectivity index (χ1) is 13.3. The molecular formula is C19H28N8. The molecule has 0 amide bonds. The van der Waals surface area contributed by atoms with Crippen molar-refractivity contribution >= 4 is 11.8 Å². The number of rotatable bonds is 4. The molecule has 2 saturated heterocycles.